The molecule has 1 amide bonds. The molecule has 0 radical (unpaired) electrons. The van der Waals surface area contributed by atoms with E-state index in [9.17, 15) is 9.59 Å². The van der Waals surface area contributed by atoms with E-state index in [2.05, 4.69) is 5.32 Å². The van der Waals surface area contributed by atoms with E-state index in [-0.39, 0.29) is 12.5 Å². The van der Waals surface area contributed by atoms with Crippen LogP contribution in [0.1, 0.15) is 15.9 Å². The molecule has 0 heterocycles. The molecular formula is C23H21NO4S. The van der Waals surface area contributed by atoms with E-state index in [1.165, 1.54) is 11.8 Å². The second-order valence-electron chi connectivity index (χ2n) is 6.12. The third-order valence-corrected chi connectivity index (χ3v) is 4.85. The molecule has 0 bridgehead atoms. The molecule has 0 fully saturated rings. The zero-order chi connectivity index (χ0) is 20.5. The lowest BCUT2D eigenvalue weighted by Gasteiger charge is -2.10. The number of carbonyl (C=O) groups excluding carboxylic acids is 2. The fourth-order valence-corrected chi connectivity index (χ4v) is 3.12. The minimum atomic E-state index is -0.547. The Hall–Kier alpha value is -3.25. The maximum Gasteiger partial charge on any atom is 0.338 e. The Kier molecular flexibility index (Phi) is 7.30. The fraction of sp³-hybridized carbons (Fsp3) is 0.130. The first kappa shape index (κ1) is 20.5. The van der Waals surface area contributed by atoms with Crippen molar-refractivity contribution in [3.8, 4) is 5.75 Å². The van der Waals surface area contributed by atoms with Gasteiger partial charge in [-0.05, 0) is 48.2 Å². The van der Waals surface area contributed by atoms with Gasteiger partial charge in [-0.1, -0.05) is 42.5 Å². The van der Waals surface area contributed by atoms with Gasteiger partial charge in [-0.15, -0.1) is 11.8 Å². The first-order chi connectivity index (χ1) is 14.2. The molecule has 3 aromatic carbocycles. The summed E-state index contributed by atoms with van der Waals surface area (Å²) >= 11 is 1.53. The van der Waals surface area contributed by atoms with E-state index in [1.54, 1.807) is 24.3 Å². The van der Waals surface area contributed by atoms with Crippen molar-refractivity contribution < 1.29 is 19.1 Å². The van der Waals surface area contributed by atoms with Crippen LogP contribution in [0.5, 0.6) is 5.75 Å². The first-order valence-corrected chi connectivity index (χ1v) is 10.2. The molecule has 29 heavy (non-hydrogen) atoms. The zero-order valence-electron chi connectivity index (χ0n) is 16.0. The number of ether oxygens (including phenoxy) is 2. The van der Waals surface area contributed by atoms with Gasteiger partial charge in [-0.25, -0.2) is 4.79 Å². The summed E-state index contributed by atoms with van der Waals surface area (Å²) in [4.78, 5) is 25.2. The van der Waals surface area contributed by atoms with Crippen LogP contribution in [0, 0.1) is 0 Å². The molecule has 3 aromatic rings. The van der Waals surface area contributed by atoms with Gasteiger partial charge in [0.2, 0.25) is 0 Å². The lowest BCUT2D eigenvalue weighted by molar-refractivity contribution is -0.119. The highest BCUT2D eigenvalue weighted by Gasteiger charge is 2.11. The van der Waals surface area contributed by atoms with Crippen LogP contribution in [0.25, 0.3) is 0 Å². The van der Waals surface area contributed by atoms with Gasteiger partial charge in [0.25, 0.3) is 5.91 Å². The van der Waals surface area contributed by atoms with E-state index in [1.807, 2.05) is 60.9 Å². The topological polar surface area (TPSA) is 64.6 Å². The molecule has 0 atom stereocenters. The molecule has 0 spiro atoms. The summed E-state index contributed by atoms with van der Waals surface area (Å²) in [6.07, 6.45) is 1.93. The van der Waals surface area contributed by atoms with Gasteiger partial charge in [-0.3, -0.25) is 4.79 Å². The monoisotopic (exact) mass is 407 g/mol. The smallest absolute Gasteiger partial charge is 0.338 e. The summed E-state index contributed by atoms with van der Waals surface area (Å²) in [5.74, 6) is -0.147. The Morgan fingerprint density at radius 1 is 0.897 bits per heavy atom. The summed E-state index contributed by atoms with van der Waals surface area (Å²) < 4.78 is 10.8. The minimum Gasteiger partial charge on any atom is -0.489 e. The molecule has 0 saturated carbocycles. The van der Waals surface area contributed by atoms with Crippen LogP contribution < -0.4 is 10.1 Å². The number of esters is 1. The number of hydrogen-bond acceptors (Lipinski definition) is 5. The number of amides is 1. The van der Waals surface area contributed by atoms with Gasteiger partial charge in [0.15, 0.2) is 6.61 Å². The third-order valence-electron chi connectivity index (χ3n) is 4.05. The second-order valence-corrected chi connectivity index (χ2v) is 6.97. The number of thioether (sulfide) groups is 1. The summed E-state index contributed by atoms with van der Waals surface area (Å²) in [5, 5.41) is 2.76. The van der Waals surface area contributed by atoms with Crippen LogP contribution in [0.15, 0.2) is 83.8 Å². The van der Waals surface area contributed by atoms with Crippen molar-refractivity contribution in [1.82, 2.24) is 0 Å². The number of benzene rings is 3. The molecule has 5 nitrogen and oxygen atoms in total. The Bertz CT molecular complexity index is 958. The summed E-state index contributed by atoms with van der Waals surface area (Å²) in [7, 11) is 0. The molecule has 3 rings (SSSR count). The minimum absolute atomic E-state index is 0.347. The Morgan fingerprint density at radius 2 is 1.59 bits per heavy atom. The largest absolute Gasteiger partial charge is 0.489 e. The van der Waals surface area contributed by atoms with Crippen molar-refractivity contribution in [3.63, 3.8) is 0 Å². The van der Waals surface area contributed by atoms with E-state index in [0.717, 1.165) is 16.2 Å². The number of carbonyl (C=O) groups is 2. The lowest BCUT2D eigenvalue weighted by Crippen LogP contribution is -2.21. The molecular weight excluding hydrogens is 386 g/mol. The number of hydrogen-bond donors (Lipinski definition) is 1. The predicted molar refractivity (Wildman–Crippen MR) is 114 cm³/mol. The van der Waals surface area contributed by atoms with Crippen LogP contribution >= 0.6 is 11.8 Å². The van der Waals surface area contributed by atoms with Crippen LogP contribution in [0.2, 0.25) is 0 Å². The molecule has 0 aliphatic rings. The van der Waals surface area contributed by atoms with Crippen LogP contribution in [-0.4, -0.2) is 24.7 Å². The third kappa shape index (κ3) is 6.12. The molecule has 0 saturated heterocycles. The molecule has 0 unspecified atom stereocenters. The number of nitrogens with one attached hydrogen (secondary N) is 1. The van der Waals surface area contributed by atoms with Gasteiger partial charge < -0.3 is 14.8 Å². The van der Waals surface area contributed by atoms with Gasteiger partial charge in [0.05, 0.1) is 11.3 Å². The Labute approximate surface area is 174 Å². The zero-order valence-corrected chi connectivity index (χ0v) is 16.8. The first-order valence-electron chi connectivity index (χ1n) is 9.02. The highest BCUT2D eigenvalue weighted by atomic mass is 32.2. The lowest BCUT2D eigenvalue weighted by atomic mass is 10.1. The number of rotatable bonds is 8. The predicted octanol–water partition coefficient (Wildman–Crippen LogP) is 4.78. The SMILES string of the molecule is CSc1ccccc1NC(=O)COC(=O)c1ccc(COc2ccccc2)cc1. The van der Waals surface area contributed by atoms with Crippen LogP contribution in [-0.2, 0) is 16.1 Å². The van der Waals surface area contributed by atoms with Gasteiger partial charge >= 0.3 is 5.97 Å². The number of anilines is 1. The average molecular weight is 407 g/mol. The van der Waals surface area contributed by atoms with Crippen LogP contribution in [0.4, 0.5) is 5.69 Å². The Morgan fingerprint density at radius 3 is 2.31 bits per heavy atom. The van der Waals surface area contributed by atoms with Crippen molar-refractivity contribution in [3.05, 3.63) is 90.0 Å². The van der Waals surface area contributed by atoms with E-state index >= 15 is 0 Å². The molecule has 6 heteroatoms. The molecule has 0 aromatic heterocycles. The normalized spacial score (nSPS) is 10.2. The fourth-order valence-electron chi connectivity index (χ4n) is 2.57. The van der Waals surface area contributed by atoms with Gasteiger partial charge in [0, 0.05) is 4.90 Å². The molecule has 0 aliphatic carbocycles. The molecule has 0 aliphatic heterocycles. The summed E-state index contributed by atoms with van der Waals surface area (Å²) in [6.45, 7) is 0.0526. The van der Waals surface area contributed by atoms with E-state index in [0.29, 0.717) is 17.9 Å². The second kappa shape index (κ2) is 10.3. The van der Waals surface area contributed by atoms with E-state index < -0.39 is 5.97 Å². The van der Waals surface area contributed by atoms with Crippen molar-refractivity contribution in [1.29, 1.82) is 0 Å². The van der Waals surface area contributed by atoms with Crippen molar-refractivity contribution in [2.75, 3.05) is 18.2 Å². The summed E-state index contributed by atoms with van der Waals surface area (Å²) in [5.41, 5.74) is 2.01. The van der Waals surface area contributed by atoms with Gasteiger partial charge in [0.1, 0.15) is 12.4 Å². The quantitative estimate of drug-likeness (QED) is 0.430. The summed E-state index contributed by atoms with van der Waals surface area (Å²) in [6, 6.07) is 23.9. The van der Waals surface area contributed by atoms with Crippen molar-refractivity contribution in [2.45, 2.75) is 11.5 Å². The maximum atomic E-state index is 12.2. The van der Waals surface area contributed by atoms with E-state index in [4.69, 9.17) is 9.47 Å². The number of para-hydroxylation sites is 2. The molecule has 148 valence electrons. The van der Waals surface area contributed by atoms with Crippen LogP contribution in [0.3, 0.4) is 0 Å². The van der Waals surface area contributed by atoms with Gasteiger partial charge in [-0.2, -0.15) is 0 Å². The van der Waals surface area contributed by atoms with Crippen molar-refractivity contribution in [2.24, 2.45) is 0 Å². The Balaban J connectivity index is 1.48. The molecule has 1 N–H and O–H groups in total. The standard InChI is InChI=1S/C23H21NO4S/c1-29-21-10-6-5-9-20(21)24-22(25)16-28-23(26)18-13-11-17(12-14-18)15-27-19-7-3-2-4-8-19/h2-14H,15-16H2,1H3,(H,24,25). The maximum absolute atomic E-state index is 12.2. The highest BCUT2D eigenvalue weighted by Crippen LogP contribution is 2.24. The van der Waals surface area contributed by atoms with Crippen molar-refractivity contribution >= 4 is 29.3 Å². The highest BCUT2D eigenvalue weighted by molar-refractivity contribution is 7.98. The average Bonchev–Trinajstić information content (AvgIpc) is 2.77.